The van der Waals surface area contributed by atoms with Crippen LogP contribution >= 0.6 is 0 Å². The molecule has 1 heterocycles. The maximum Gasteiger partial charge on any atom is 0.338 e. The second kappa shape index (κ2) is 6.86. The molecule has 0 amide bonds. The van der Waals surface area contributed by atoms with E-state index in [2.05, 4.69) is 6.58 Å². The van der Waals surface area contributed by atoms with Crippen LogP contribution in [-0.4, -0.2) is 42.3 Å². The lowest BCUT2D eigenvalue weighted by atomic mass is 10.0. The van der Waals surface area contributed by atoms with E-state index < -0.39 is 17.9 Å². The molecule has 1 aliphatic rings. The zero-order valence-corrected chi connectivity index (χ0v) is 11.6. The fourth-order valence-corrected chi connectivity index (χ4v) is 1.75. The summed E-state index contributed by atoms with van der Waals surface area (Å²) in [4.78, 5) is 34.5. The summed E-state index contributed by atoms with van der Waals surface area (Å²) in [5.41, 5.74) is -0.0155. The molecular formula is C15H14O7. The number of benzene rings is 1. The normalized spacial score (nSPS) is 15.7. The molecule has 116 valence electrons. The molecule has 7 heteroatoms. The molecule has 1 aliphatic heterocycles. The van der Waals surface area contributed by atoms with Crippen molar-refractivity contribution in [3.63, 3.8) is 0 Å². The number of epoxide rings is 1. The molecule has 1 fully saturated rings. The maximum absolute atomic E-state index is 12.1. The number of carbonyl (C=O) groups is 3. The Morgan fingerprint density at radius 2 is 2.00 bits per heavy atom. The van der Waals surface area contributed by atoms with E-state index in [0.29, 0.717) is 6.61 Å². The third-order valence-electron chi connectivity index (χ3n) is 2.95. The van der Waals surface area contributed by atoms with Gasteiger partial charge in [-0.15, -0.1) is 0 Å². The van der Waals surface area contributed by atoms with Gasteiger partial charge in [-0.3, -0.25) is 0 Å². The average molecular weight is 306 g/mol. The van der Waals surface area contributed by atoms with Crippen LogP contribution < -0.4 is 0 Å². The van der Waals surface area contributed by atoms with Crippen molar-refractivity contribution in [1.82, 2.24) is 0 Å². The lowest BCUT2D eigenvalue weighted by molar-refractivity contribution is -0.139. The highest BCUT2D eigenvalue weighted by atomic mass is 16.6. The molecule has 1 aromatic carbocycles. The second-order valence-electron chi connectivity index (χ2n) is 4.50. The predicted molar refractivity (Wildman–Crippen MR) is 73.4 cm³/mol. The molecule has 0 spiro atoms. The molecule has 0 radical (unpaired) electrons. The Labute approximate surface area is 126 Å². The summed E-state index contributed by atoms with van der Waals surface area (Å²) in [6.07, 6.45) is 0.847. The summed E-state index contributed by atoms with van der Waals surface area (Å²) in [5.74, 6) is -2.64. The van der Waals surface area contributed by atoms with Gasteiger partial charge >= 0.3 is 17.9 Å². The number of hydrogen-bond donors (Lipinski definition) is 1. The summed E-state index contributed by atoms with van der Waals surface area (Å²) < 4.78 is 14.8. The van der Waals surface area contributed by atoms with Gasteiger partial charge in [0.1, 0.15) is 19.3 Å². The third-order valence-corrected chi connectivity index (χ3v) is 2.95. The Balaban J connectivity index is 2.23. The molecule has 1 aromatic rings. The van der Waals surface area contributed by atoms with Crippen molar-refractivity contribution < 1.29 is 33.7 Å². The monoisotopic (exact) mass is 306 g/mol. The van der Waals surface area contributed by atoms with E-state index in [9.17, 15) is 19.5 Å². The van der Waals surface area contributed by atoms with Crippen molar-refractivity contribution in [2.24, 2.45) is 0 Å². The van der Waals surface area contributed by atoms with Crippen molar-refractivity contribution in [2.75, 3.05) is 13.2 Å². The SMILES string of the molecule is C=CC(=O)OCc1c(C(=O)O)cccc1C(=O)OCC1CO1. The Morgan fingerprint density at radius 3 is 2.59 bits per heavy atom. The fraction of sp³-hybridized carbons (Fsp3) is 0.267. The van der Waals surface area contributed by atoms with Crippen molar-refractivity contribution in [3.8, 4) is 0 Å². The molecule has 2 rings (SSSR count). The van der Waals surface area contributed by atoms with Crippen LogP contribution in [0.3, 0.4) is 0 Å². The van der Waals surface area contributed by atoms with Crippen LogP contribution in [0.2, 0.25) is 0 Å². The van der Waals surface area contributed by atoms with E-state index in [1.54, 1.807) is 0 Å². The molecular weight excluding hydrogens is 292 g/mol. The summed E-state index contributed by atoms with van der Waals surface area (Å²) in [5, 5.41) is 9.19. The highest BCUT2D eigenvalue weighted by Crippen LogP contribution is 2.19. The van der Waals surface area contributed by atoms with Crippen LogP contribution in [-0.2, 0) is 25.6 Å². The van der Waals surface area contributed by atoms with Gasteiger partial charge in [0, 0.05) is 11.6 Å². The molecule has 7 nitrogen and oxygen atoms in total. The third kappa shape index (κ3) is 3.92. The first kappa shape index (κ1) is 15.7. The molecule has 1 unspecified atom stereocenters. The van der Waals surface area contributed by atoms with E-state index in [-0.39, 0.29) is 36.0 Å². The van der Waals surface area contributed by atoms with Crippen LogP contribution in [0.5, 0.6) is 0 Å². The van der Waals surface area contributed by atoms with E-state index in [0.717, 1.165) is 6.08 Å². The Hall–Kier alpha value is -2.67. The number of ether oxygens (including phenoxy) is 3. The lowest BCUT2D eigenvalue weighted by Gasteiger charge is -2.12. The maximum atomic E-state index is 12.1. The largest absolute Gasteiger partial charge is 0.478 e. The summed E-state index contributed by atoms with van der Waals surface area (Å²) in [7, 11) is 0. The van der Waals surface area contributed by atoms with Gasteiger partial charge in [0.2, 0.25) is 0 Å². The van der Waals surface area contributed by atoms with Crippen LogP contribution in [0.15, 0.2) is 30.9 Å². The van der Waals surface area contributed by atoms with Crippen LogP contribution in [0, 0.1) is 0 Å². The van der Waals surface area contributed by atoms with E-state index in [1.807, 2.05) is 0 Å². The molecule has 0 saturated carbocycles. The van der Waals surface area contributed by atoms with Crippen LogP contribution in [0.4, 0.5) is 0 Å². The molecule has 0 aromatic heterocycles. The number of esters is 2. The Bertz CT molecular complexity index is 616. The van der Waals surface area contributed by atoms with Crippen LogP contribution in [0.25, 0.3) is 0 Å². The first-order valence-corrected chi connectivity index (χ1v) is 6.46. The number of aromatic carboxylic acids is 1. The van der Waals surface area contributed by atoms with Gasteiger partial charge in [0.25, 0.3) is 0 Å². The predicted octanol–water partition coefficient (Wildman–Crippen LogP) is 1.17. The Kier molecular flexibility index (Phi) is 4.90. The van der Waals surface area contributed by atoms with Gasteiger partial charge in [-0.2, -0.15) is 0 Å². The quantitative estimate of drug-likeness (QED) is 0.458. The molecule has 22 heavy (non-hydrogen) atoms. The highest BCUT2D eigenvalue weighted by molar-refractivity contribution is 5.97. The van der Waals surface area contributed by atoms with Crippen molar-refractivity contribution >= 4 is 17.9 Å². The number of hydrogen-bond acceptors (Lipinski definition) is 6. The molecule has 1 atom stereocenters. The van der Waals surface area contributed by atoms with E-state index in [4.69, 9.17) is 14.2 Å². The highest BCUT2D eigenvalue weighted by Gasteiger charge is 2.26. The second-order valence-corrected chi connectivity index (χ2v) is 4.50. The first-order chi connectivity index (χ1) is 10.5. The summed E-state index contributed by atoms with van der Waals surface area (Å²) >= 11 is 0. The minimum atomic E-state index is -1.23. The minimum Gasteiger partial charge on any atom is -0.478 e. The zero-order valence-electron chi connectivity index (χ0n) is 11.6. The summed E-state index contributed by atoms with van der Waals surface area (Å²) in [6, 6.07) is 4.16. The van der Waals surface area contributed by atoms with Gasteiger partial charge in [-0.05, 0) is 12.1 Å². The van der Waals surface area contributed by atoms with Gasteiger partial charge in [-0.25, -0.2) is 14.4 Å². The van der Waals surface area contributed by atoms with Crippen molar-refractivity contribution in [1.29, 1.82) is 0 Å². The number of carboxylic acid groups (broad SMARTS) is 1. The van der Waals surface area contributed by atoms with Crippen molar-refractivity contribution in [3.05, 3.63) is 47.5 Å². The van der Waals surface area contributed by atoms with Gasteiger partial charge < -0.3 is 19.3 Å². The van der Waals surface area contributed by atoms with E-state index >= 15 is 0 Å². The van der Waals surface area contributed by atoms with Gasteiger partial charge in [0.05, 0.1) is 17.7 Å². The zero-order chi connectivity index (χ0) is 16.1. The minimum absolute atomic E-state index is 0.0393. The number of carbonyl (C=O) groups excluding carboxylic acids is 2. The fourth-order valence-electron chi connectivity index (χ4n) is 1.75. The van der Waals surface area contributed by atoms with Crippen molar-refractivity contribution in [2.45, 2.75) is 12.7 Å². The smallest absolute Gasteiger partial charge is 0.338 e. The lowest BCUT2D eigenvalue weighted by Crippen LogP contribution is -2.16. The van der Waals surface area contributed by atoms with Gasteiger partial charge in [0.15, 0.2) is 0 Å². The molecule has 0 bridgehead atoms. The molecule has 1 saturated heterocycles. The van der Waals surface area contributed by atoms with Gasteiger partial charge in [-0.1, -0.05) is 12.6 Å². The van der Waals surface area contributed by atoms with Crippen LogP contribution in [0.1, 0.15) is 26.3 Å². The topological polar surface area (TPSA) is 102 Å². The van der Waals surface area contributed by atoms with E-state index in [1.165, 1.54) is 18.2 Å². The average Bonchev–Trinajstić information content (AvgIpc) is 3.33. The summed E-state index contributed by atoms with van der Waals surface area (Å²) in [6.45, 7) is 3.52. The number of rotatable bonds is 7. The Morgan fingerprint density at radius 1 is 1.32 bits per heavy atom. The molecule has 0 aliphatic carbocycles. The first-order valence-electron chi connectivity index (χ1n) is 6.46. The molecule has 1 N–H and O–H groups in total. The standard InChI is InChI=1S/C15H14O7/c1-2-13(16)21-8-12-10(14(17)18)4-3-5-11(12)15(19)22-7-9-6-20-9/h2-5,9H,1,6-8H2,(H,17,18). The number of carboxylic acids is 1.